The molecule has 158 valence electrons. The van der Waals surface area contributed by atoms with Gasteiger partial charge in [-0.2, -0.15) is 4.31 Å². The van der Waals surface area contributed by atoms with Crippen LogP contribution in [0.1, 0.15) is 23.2 Å². The maximum absolute atomic E-state index is 13.1. The molecule has 1 aliphatic heterocycles. The van der Waals surface area contributed by atoms with Gasteiger partial charge in [0.15, 0.2) is 5.82 Å². The molecule has 1 fully saturated rings. The predicted molar refractivity (Wildman–Crippen MR) is 112 cm³/mol. The summed E-state index contributed by atoms with van der Waals surface area (Å²) in [6, 6.07) is 13.6. The number of sulfonamides is 1. The summed E-state index contributed by atoms with van der Waals surface area (Å²) in [5, 5.41) is 14.1. The minimum Gasteiger partial charge on any atom is -0.322 e. The van der Waals surface area contributed by atoms with Crippen molar-refractivity contribution >= 4 is 27.3 Å². The van der Waals surface area contributed by atoms with Gasteiger partial charge in [0, 0.05) is 11.4 Å². The van der Waals surface area contributed by atoms with Crippen molar-refractivity contribution < 1.29 is 13.2 Å². The van der Waals surface area contributed by atoms with Crippen LogP contribution < -0.4 is 0 Å². The number of tetrazole rings is 1. The summed E-state index contributed by atoms with van der Waals surface area (Å²) in [5.41, 5.74) is -0.0257. The molecule has 0 aliphatic carbocycles. The summed E-state index contributed by atoms with van der Waals surface area (Å²) < 4.78 is 27.4. The lowest BCUT2D eigenvalue weighted by molar-refractivity contribution is -0.145. The van der Waals surface area contributed by atoms with E-state index >= 15 is 0 Å². The normalized spacial score (nSPS) is 20.6. The Labute approximate surface area is 179 Å². The van der Waals surface area contributed by atoms with Gasteiger partial charge in [-0.15, -0.1) is 16.4 Å². The molecule has 1 amide bonds. The lowest BCUT2D eigenvalue weighted by Gasteiger charge is -2.46. The second kappa shape index (κ2) is 7.89. The minimum absolute atomic E-state index is 0.0815. The molecule has 11 heteroatoms. The summed E-state index contributed by atoms with van der Waals surface area (Å²) in [6.45, 7) is 2.49. The molecule has 1 saturated heterocycles. The Kier molecular flexibility index (Phi) is 5.43. The van der Waals surface area contributed by atoms with E-state index in [0.29, 0.717) is 18.9 Å². The fourth-order valence-corrected chi connectivity index (χ4v) is 5.22. The molecular weight excluding hydrogens is 424 g/mol. The molecule has 3 aromatic rings. The zero-order valence-electron chi connectivity index (χ0n) is 16.7. The van der Waals surface area contributed by atoms with Crippen LogP contribution in [0.15, 0.2) is 47.8 Å². The van der Waals surface area contributed by atoms with Crippen molar-refractivity contribution in [1.29, 1.82) is 0 Å². The van der Waals surface area contributed by atoms with Crippen LogP contribution in [0.25, 0.3) is 0 Å². The molecule has 1 aliphatic rings. The average Bonchev–Trinajstić information content (AvgIpc) is 3.37. The fourth-order valence-electron chi connectivity index (χ4n) is 3.70. The highest BCUT2D eigenvalue weighted by molar-refractivity contribution is 7.88. The zero-order valence-corrected chi connectivity index (χ0v) is 18.3. The van der Waals surface area contributed by atoms with Crippen molar-refractivity contribution in [1.82, 2.24) is 29.4 Å². The van der Waals surface area contributed by atoms with Crippen LogP contribution in [0.5, 0.6) is 0 Å². The summed E-state index contributed by atoms with van der Waals surface area (Å²) in [6.07, 6.45) is 1.11. The second-order valence-corrected chi connectivity index (χ2v) is 10.5. The third-order valence-corrected chi connectivity index (χ3v) is 7.30. The van der Waals surface area contributed by atoms with E-state index in [-0.39, 0.29) is 19.0 Å². The largest absolute Gasteiger partial charge is 0.322 e. The number of thiophene rings is 1. The molecule has 0 spiro atoms. The summed E-state index contributed by atoms with van der Waals surface area (Å²) in [7, 11) is -3.57. The van der Waals surface area contributed by atoms with E-state index in [4.69, 9.17) is 0 Å². The van der Waals surface area contributed by atoms with Crippen LogP contribution in [-0.2, 0) is 33.4 Å². The number of benzene rings is 1. The van der Waals surface area contributed by atoms with E-state index in [2.05, 4.69) is 15.5 Å². The molecule has 0 bridgehead atoms. The van der Waals surface area contributed by atoms with Crippen LogP contribution in [0.2, 0.25) is 0 Å². The number of hydrogen-bond donors (Lipinski definition) is 0. The summed E-state index contributed by atoms with van der Waals surface area (Å²) in [4.78, 5) is 15.8. The van der Waals surface area contributed by atoms with Gasteiger partial charge in [0.1, 0.15) is 5.54 Å². The number of nitrogens with zero attached hydrogens (tertiary/aromatic N) is 6. The lowest BCUT2D eigenvalue weighted by atomic mass is 9.95. The first-order valence-electron chi connectivity index (χ1n) is 9.36. The van der Waals surface area contributed by atoms with Gasteiger partial charge in [0.25, 0.3) is 0 Å². The third kappa shape index (κ3) is 4.00. The number of carbonyl (C=O) groups excluding carboxylic acids is 1. The first-order chi connectivity index (χ1) is 14.3. The van der Waals surface area contributed by atoms with E-state index in [9.17, 15) is 13.2 Å². The van der Waals surface area contributed by atoms with Gasteiger partial charge in [-0.25, -0.2) is 13.1 Å². The summed E-state index contributed by atoms with van der Waals surface area (Å²) in [5.74, 6) is 0.168. The molecule has 1 unspecified atom stereocenters. The van der Waals surface area contributed by atoms with Crippen molar-refractivity contribution in [3.63, 3.8) is 0 Å². The predicted octanol–water partition coefficient (Wildman–Crippen LogP) is 1.30. The maximum atomic E-state index is 13.1. The maximum Gasteiger partial charge on any atom is 0.239 e. The van der Waals surface area contributed by atoms with Gasteiger partial charge in [-0.05, 0) is 34.4 Å². The SMILES string of the molecule is CC1(c2nnnn2Cc2ccccc2)CN(S(C)(=O)=O)CC(=O)N1Cc1cccs1. The minimum atomic E-state index is -3.57. The van der Waals surface area contributed by atoms with Crippen molar-refractivity contribution in [2.75, 3.05) is 19.3 Å². The molecule has 0 radical (unpaired) electrons. The lowest BCUT2D eigenvalue weighted by Crippen LogP contribution is -2.62. The summed E-state index contributed by atoms with van der Waals surface area (Å²) >= 11 is 1.55. The first kappa shape index (κ1) is 20.6. The standard InChI is InChI=1S/C19H22N6O3S2/c1-19(18-20-21-22-25(18)11-15-7-4-3-5-8-15)14-23(30(2,27)28)13-17(26)24(19)12-16-9-6-10-29-16/h3-10H,11-14H2,1-2H3. The average molecular weight is 447 g/mol. The molecular formula is C19H22N6O3S2. The Balaban J connectivity index is 1.76. The Hall–Kier alpha value is -2.63. The Bertz CT molecular complexity index is 1130. The Morgan fingerprint density at radius 2 is 1.90 bits per heavy atom. The number of rotatable bonds is 6. The number of piperazine rings is 1. The second-order valence-electron chi connectivity index (χ2n) is 7.51. The highest BCUT2D eigenvalue weighted by Gasteiger charge is 2.49. The molecule has 3 heterocycles. The fraction of sp³-hybridized carbons (Fsp3) is 0.368. The van der Waals surface area contributed by atoms with E-state index in [0.717, 1.165) is 16.7 Å². The third-order valence-electron chi connectivity index (χ3n) is 5.24. The number of carbonyl (C=O) groups is 1. The van der Waals surface area contributed by atoms with E-state index in [1.54, 1.807) is 20.9 Å². The number of amides is 1. The molecule has 0 N–H and O–H groups in total. The Morgan fingerprint density at radius 3 is 2.57 bits per heavy atom. The van der Waals surface area contributed by atoms with Crippen LogP contribution >= 0.6 is 11.3 Å². The molecule has 0 saturated carbocycles. The van der Waals surface area contributed by atoms with Crippen LogP contribution in [0.4, 0.5) is 0 Å². The van der Waals surface area contributed by atoms with E-state index < -0.39 is 15.6 Å². The number of hydrogen-bond acceptors (Lipinski definition) is 7. The van der Waals surface area contributed by atoms with E-state index in [1.165, 1.54) is 4.31 Å². The van der Waals surface area contributed by atoms with Crippen LogP contribution in [-0.4, -0.2) is 63.1 Å². The van der Waals surface area contributed by atoms with Gasteiger partial charge in [0.2, 0.25) is 15.9 Å². The van der Waals surface area contributed by atoms with Gasteiger partial charge < -0.3 is 4.90 Å². The van der Waals surface area contributed by atoms with E-state index in [1.807, 2.05) is 54.8 Å². The van der Waals surface area contributed by atoms with Gasteiger partial charge in [0.05, 0.1) is 25.9 Å². The molecule has 1 atom stereocenters. The van der Waals surface area contributed by atoms with Crippen LogP contribution in [0, 0.1) is 0 Å². The molecule has 30 heavy (non-hydrogen) atoms. The molecule has 1 aromatic carbocycles. The Morgan fingerprint density at radius 1 is 1.13 bits per heavy atom. The molecule has 2 aromatic heterocycles. The molecule has 9 nitrogen and oxygen atoms in total. The first-order valence-corrected chi connectivity index (χ1v) is 12.1. The van der Waals surface area contributed by atoms with Gasteiger partial charge in [-0.3, -0.25) is 4.79 Å². The zero-order chi connectivity index (χ0) is 21.4. The van der Waals surface area contributed by atoms with Crippen molar-refractivity contribution in [3.8, 4) is 0 Å². The smallest absolute Gasteiger partial charge is 0.239 e. The van der Waals surface area contributed by atoms with Crippen molar-refractivity contribution in [3.05, 3.63) is 64.1 Å². The number of aromatic nitrogens is 4. The van der Waals surface area contributed by atoms with Crippen molar-refractivity contribution in [2.45, 2.75) is 25.6 Å². The highest BCUT2D eigenvalue weighted by Crippen LogP contribution is 2.34. The highest BCUT2D eigenvalue weighted by atomic mass is 32.2. The van der Waals surface area contributed by atoms with Gasteiger partial charge in [-0.1, -0.05) is 36.4 Å². The van der Waals surface area contributed by atoms with Crippen molar-refractivity contribution in [2.24, 2.45) is 0 Å². The topological polar surface area (TPSA) is 101 Å². The quantitative estimate of drug-likeness (QED) is 0.566. The monoisotopic (exact) mass is 446 g/mol. The van der Waals surface area contributed by atoms with Gasteiger partial charge >= 0.3 is 0 Å². The van der Waals surface area contributed by atoms with Crippen LogP contribution in [0.3, 0.4) is 0 Å². The molecule has 4 rings (SSSR count).